The highest BCUT2D eigenvalue weighted by atomic mass is 79.9. The molecule has 0 aliphatic carbocycles. The summed E-state index contributed by atoms with van der Waals surface area (Å²) >= 11 is 13.8. The first kappa shape index (κ1) is 13.3. The molecule has 0 saturated heterocycles. The minimum atomic E-state index is -1.05. The van der Waals surface area contributed by atoms with Crippen LogP contribution in [0.4, 0.5) is 0 Å². The molecule has 16 heavy (non-hydrogen) atoms. The van der Waals surface area contributed by atoms with E-state index in [-0.39, 0.29) is 0 Å². The zero-order valence-electron chi connectivity index (χ0n) is 7.91. The first-order valence-electron chi connectivity index (χ1n) is 4.11. The van der Waals surface area contributed by atoms with Gasteiger partial charge in [0.15, 0.2) is 0 Å². The molecule has 1 aromatic carbocycles. The fourth-order valence-corrected chi connectivity index (χ4v) is 5.13. The molecule has 2 nitrogen and oxygen atoms in total. The summed E-state index contributed by atoms with van der Waals surface area (Å²) < 4.78 is 15.2. The number of nitrogens with one attached hydrogen (secondary N) is 1. The van der Waals surface area contributed by atoms with Crippen LogP contribution in [0.3, 0.4) is 0 Å². The highest BCUT2D eigenvalue weighted by Gasteiger charge is 2.18. The molecule has 0 aliphatic heterocycles. The second-order valence-electron chi connectivity index (χ2n) is 3.13. The summed E-state index contributed by atoms with van der Waals surface area (Å²) in [4.78, 5) is 3.93. The van der Waals surface area contributed by atoms with Gasteiger partial charge in [0.05, 0.1) is 20.3 Å². The van der Waals surface area contributed by atoms with Crippen LogP contribution < -0.4 is 0 Å². The molecule has 2 rings (SSSR count). The van der Waals surface area contributed by atoms with Gasteiger partial charge in [0, 0.05) is 30.6 Å². The number of fused-ring (bicyclic) bond motifs is 1. The molecule has 1 unspecified atom stereocenters. The molecule has 0 bridgehead atoms. The van der Waals surface area contributed by atoms with Crippen molar-refractivity contribution >= 4 is 85.4 Å². The van der Waals surface area contributed by atoms with Gasteiger partial charge >= 0.3 is 0 Å². The van der Waals surface area contributed by atoms with Gasteiger partial charge < -0.3 is 4.98 Å². The topological polar surface area (TPSA) is 32.9 Å². The molecule has 1 atom stereocenters. The Balaban J connectivity index is 2.98. The smallest absolute Gasteiger partial charge is 0.0995 e. The lowest BCUT2D eigenvalue weighted by Gasteiger charge is -2.03. The van der Waals surface area contributed by atoms with Gasteiger partial charge in [-0.15, -0.1) is 0 Å². The number of aromatic nitrogens is 1. The van der Waals surface area contributed by atoms with Gasteiger partial charge in [-0.1, -0.05) is 0 Å². The molecule has 1 heterocycles. The summed E-state index contributed by atoms with van der Waals surface area (Å²) in [6, 6.07) is 1.95. The molecule has 0 amide bonds. The number of hydrogen-bond acceptors (Lipinski definition) is 1. The Hall–Kier alpha value is 0.830. The van der Waals surface area contributed by atoms with Gasteiger partial charge in [-0.25, -0.2) is 0 Å². The third kappa shape index (κ3) is 2.09. The van der Waals surface area contributed by atoms with Gasteiger partial charge in [-0.3, -0.25) is 4.21 Å². The molecule has 0 radical (unpaired) electrons. The lowest BCUT2D eigenvalue weighted by atomic mass is 10.2. The fraction of sp³-hybridized carbons (Fsp3) is 0.111. The molecular formula is C9H5Br4NOS. The maximum atomic E-state index is 11.7. The molecule has 1 N–H and O–H groups in total. The average molecular weight is 495 g/mol. The standard InChI is InChI=1S/C9H5Br4NOS/c1-16(15)8-5-4(14-9(8)13)2-3(10)6(11)7(5)12/h2,14H,1H3. The Morgan fingerprint density at radius 2 is 1.81 bits per heavy atom. The van der Waals surface area contributed by atoms with Gasteiger partial charge in [0.25, 0.3) is 0 Å². The first-order chi connectivity index (χ1) is 7.43. The third-order valence-corrected chi connectivity index (χ3v) is 7.27. The van der Waals surface area contributed by atoms with Crippen molar-refractivity contribution in [1.29, 1.82) is 0 Å². The van der Waals surface area contributed by atoms with Gasteiger partial charge in [-0.05, 0) is 69.8 Å². The molecule has 0 fully saturated rings. The van der Waals surface area contributed by atoms with E-state index in [9.17, 15) is 4.21 Å². The van der Waals surface area contributed by atoms with Crippen molar-refractivity contribution in [2.75, 3.05) is 6.26 Å². The number of halogens is 4. The molecule has 0 spiro atoms. The first-order valence-corrected chi connectivity index (χ1v) is 8.84. The molecular weight excluding hydrogens is 490 g/mol. The Morgan fingerprint density at radius 1 is 1.19 bits per heavy atom. The number of H-pyrrole nitrogens is 1. The summed E-state index contributed by atoms with van der Waals surface area (Å²) in [7, 11) is -1.05. The van der Waals surface area contributed by atoms with Crippen molar-refractivity contribution in [2.45, 2.75) is 4.90 Å². The van der Waals surface area contributed by atoms with Crippen molar-refractivity contribution in [3.05, 3.63) is 24.1 Å². The summed E-state index contributed by atoms with van der Waals surface area (Å²) in [6.45, 7) is 0. The average Bonchev–Trinajstić information content (AvgIpc) is 2.51. The van der Waals surface area contributed by atoms with E-state index in [1.54, 1.807) is 6.26 Å². The third-order valence-electron chi connectivity index (χ3n) is 2.12. The van der Waals surface area contributed by atoms with Crippen LogP contribution in [0.15, 0.2) is 29.0 Å². The van der Waals surface area contributed by atoms with Crippen LogP contribution in [0.1, 0.15) is 0 Å². The van der Waals surface area contributed by atoms with Crippen LogP contribution >= 0.6 is 63.7 Å². The minimum absolute atomic E-state index is 0.758. The maximum Gasteiger partial charge on any atom is 0.0995 e. The van der Waals surface area contributed by atoms with E-state index in [0.717, 1.165) is 33.8 Å². The zero-order chi connectivity index (χ0) is 12.0. The zero-order valence-corrected chi connectivity index (χ0v) is 15.1. The Bertz CT molecular complexity index is 607. The molecule has 1 aromatic heterocycles. The van der Waals surface area contributed by atoms with E-state index in [2.05, 4.69) is 68.7 Å². The quantitative estimate of drug-likeness (QED) is 0.559. The van der Waals surface area contributed by atoms with Crippen molar-refractivity contribution < 1.29 is 4.21 Å². The van der Waals surface area contributed by atoms with Crippen LogP contribution in [-0.4, -0.2) is 15.4 Å². The van der Waals surface area contributed by atoms with Gasteiger partial charge in [0.1, 0.15) is 0 Å². The number of aromatic amines is 1. The Labute approximate surface area is 129 Å². The number of rotatable bonds is 1. The molecule has 0 aliphatic rings. The molecule has 2 aromatic rings. The fourth-order valence-electron chi connectivity index (χ4n) is 1.47. The lowest BCUT2D eigenvalue weighted by molar-refractivity contribution is 0.687. The number of hydrogen-bond donors (Lipinski definition) is 1. The van der Waals surface area contributed by atoms with E-state index in [1.807, 2.05) is 6.07 Å². The Kier molecular flexibility index (Phi) is 4.01. The SMILES string of the molecule is CS(=O)c1c(Br)[nH]c2cc(Br)c(Br)c(Br)c12. The van der Waals surface area contributed by atoms with Crippen molar-refractivity contribution in [3.8, 4) is 0 Å². The summed E-state index contributed by atoms with van der Waals surface area (Å²) in [6.07, 6.45) is 1.66. The predicted octanol–water partition coefficient (Wildman–Crippen LogP) is 4.96. The predicted molar refractivity (Wildman–Crippen MR) is 81.4 cm³/mol. The van der Waals surface area contributed by atoms with E-state index >= 15 is 0 Å². The monoisotopic (exact) mass is 491 g/mol. The normalized spacial score (nSPS) is 13.3. The summed E-state index contributed by atoms with van der Waals surface area (Å²) in [5, 5.41) is 0.933. The van der Waals surface area contributed by atoms with E-state index in [1.165, 1.54) is 0 Å². The van der Waals surface area contributed by atoms with Crippen LogP contribution in [0.25, 0.3) is 10.9 Å². The second kappa shape index (κ2) is 4.84. The Morgan fingerprint density at radius 3 is 2.38 bits per heavy atom. The second-order valence-corrected chi connectivity index (χ2v) is 7.68. The van der Waals surface area contributed by atoms with Crippen molar-refractivity contribution in [1.82, 2.24) is 4.98 Å². The minimum Gasteiger partial charge on any atom is -0.348 e. The van der Waals surface area contributed by atoms with Crippen LogP contribution in [0.2, 0.25) is 0 Å². The summed E-state index contributed by atoms with van der Waals surface area (Å²) in [5.41, 5.74) is 0.930. The van der Waals surface area contributed by atoms with Gasteiger partial charge in [-0.2, -0.15) is 0 Å². The van der Waals surface area contributed by atoms with Crippen molar-refractivity contribution in [2.24, 2.45) is 0 Å². The van der Waals surface area contributed by atoms with Gasteiger partial charge in [0.2, 0.25) is 0 Å². The van der Waals surface area contributed by atoms with Crippen LogP contribution in [0, 0.1) is 0 Å². The van der Waals surface area contributed by atoms with E-state index in [4.69, 9.17) is 0 Å². The van der Waals surface area contributed by atoms with Crippen LogP contribution in [0.5, 0.6) is 0 Å². The molecule has 0 saturated carbocycles. The highest BCUT2D eigenvalue weighted by Crippen LogP contribution is 2.41. The van der Waals surface area contributed by atoms with Crippen molar-refractivity contribution in [3.63, 3.8) is 0 Å². The molecule has 7 heteroatoms. The van der Waals surface area contributed by atoms with E-state index < -0.39 is 10.8 Å². The lowest BCUT2D eigenvalue weighted by Crippen LogP contribution is -1.87. The maximum absolute atomic E-state index is 11.7. The largest absolute Gasteiger partial charge is 0.348 e. The van der Waals surface area contributed by atoms with Crippen LogP contribution in [-0.2, 0) is 10.8 Å². The number of benzene rings is 1. The summed E-state index contributed by atoms with van der Waals surface area (Å²) in [5.74, 6) is 0. The highest BCUT2D eigenvalue weighted by molar-refractivity contribution is 9.14. The van der Waals surface area contributed by atoms with E-state index in [0.29, 0.717) is 0 Å². The molecule has 86 valence electrons.